The number of rotatable bonds is 9. The molecule has 23 heavy (non-hydrogen) atoms. The molecule has 126 valence electrons. The molecule has 0 aliphatic rings. The van der Waals surface area contributed by atoms with Crippen molar-refractivity contribution in [1.82, 2.24) is 20.2 Å². The number of hydrogen-bond acceptors (Lipinski definition) is 7. The van der Waals surface area contributed by atoms with Gasteiger partial charge in [-0.2, -0.15) is 4.68 Å². The third-order valence-electron chi connectivity index (χ3n) is 3.05. The minimum atomic E-state index is -3.66. The fraction of sp³-hybridized carbons (Fsp3) is 0.500. The van der Waals surface area contributed by atoms with Crippen molar-refractivity contribution in [2.24, 2.45) is 0 Å². The third-order valence-corrected chi connectivity index (χ3v) is 4.63. The van der Waals surface area contributed by atoms with Gasteiger partial charge >= 0.3 is 0 Å². The molecule has 0 amide bonds. The zero-order chi connectivity index (χ0) is 16.7. The second-order valence-electron chi connectivity index (χ2n) is 4.66. The van der Waals surface area contributed by atoms with Crippen LogP contribution in [-0.4, -0.2) is 53.9 Å². The van der Waals surface area contributed by atoms with Gasteiger partial charge in [-0.3, -0.25) is 0 Å². The lowest BCUT2D eigenvalue weighted by Crippen LogP contribution is -2.23. The highest BCUT2D eigenvalue weighted by molar-refractivity contribution is 7.91. The van der Waals surface area contributed by atoms with Crippen molar-refractivity contribution in [3.63, 3.8) is 0 Å². The van der Waals surface area contributed by atoms with E-state index in [-0.39, 0.29) is 17.3 Å². The topological polar surface area (TPSA) is 96.2 Å². The Morgan fingerprint density at radius 2 is 1.78 bits per heavy atom. The van der Waals surface area contributed by atoms with Gasteiger partial charge in [0.15, 0.2) is 6.29 Å². The fourth-order valence-corrected chi connectivity index (χ4v) is 3.28. The van der Waals surface area contributed by atoms with Crippen molar-refractivity contribution in [3.05, 3.63) is 30.3 Å². The summed E-state index contributed by atoms with van der Waals surface area (Å²) >= 11 is 0. The molecule has 2 rings (SSSR count). The number of benzene rings is 1. The summed E-state index contributed by atoms with van der Waals surface area (Å²) in [5, 5.41) is 10.7. The molecule has 9 heteroatoms. The Balaban J connectivity index is 2.16. The number of sulfone groups is 1. The average molecular weight is 340 g/mol. The lowest BCUT2D eigenvalue weighted by molar-refractivity contribution is -0.136. The van der Waals surface area contributed by atoms with Crippen LogP contribution >= 0.6 is 0 Å². The normalized spacial score (nSPS) is 12.0. The Labute approximate surface area is 135 Å². The fourth-order valence-electron chi connectivity index (χ4n) is 2.03. The van der Waals surface area contributed by atoms with E-state index in [9.17, 15) is 8.42 Å². The van der Waals surface area contributed by atoms with Crippen molar-refractivity contribution in [2.75, 3.05) is 19.0 Å². The Morgan fingerprint density at radius 3 is 2.39 bits per heavy atom. The van der Waals surface area contributed by atoms with E-state index in [4.69, 9.17) is 9.47 Å². The van der Waals surface area contributed by atoms with E-state index >= 15 is 0 Å². The predicted molar refractivity (Wildman–Crippen MR) is 82.9 cm³/mol. The molecular formula is C14H20N4O4S. The smallest absolute Gasteiger partial charge is 0.272 e. The zero-order valence-electron chi connectivity index (χ0n) is 13.1. The molecule has 1 aromatic heterocycles. The van der Waals surface area contributed by atoms with E-state index < -0.39 is 16.1 Å². The molecule has 0 aliphatic heterocycles. The molecule has 0 saturated heterocycles. The standard InChI is InChI=1S/C14H20N4O4S/c1-3-21-13(22-4-2)10-11-23(19,20)14-15-16-17-18(14)12-8-6-5-7-9-12/h5-9,13H,3-4,10-11H2,1-2H3. The highest BCUT2D eigenvalue weighted by Gasteiger charge is 2.25. The molecule has 0 radical (unpaired) electrons. The molecule has 0 aliphatic carbocycles. The second-order valence-corrected chi connectivity index (χ2v) is 6.66. The third kappa shape index (κ3) is 4.57. The largest absolute Gasteiger partial charge is 0.353 e. The highest BCUT2D eigenvalue weighted by atomic mass is 32.2. The van der Waals surface area contributed by atoms with Crippen molar-refractivity contribution in [2.45, 2.75) is 31.7 Å². The van der Waals surface area contributed by atoms with E-state index in [1.165, 1.54) is 4.68 Å². The first kappa shape index (κ1) is 17.5. The molecule has 1 heterocycles. The van der Waals surface area contributed by atoms with Gasteiger partial charge in [-0.05, 0) is 36.4 Å². The molecule has 8 nitrogen and oxygen atoms in total. The Morgan fingerprint density at radius 1 is 1.13 bits per heavy atom. The number of hydrogen-bond donors (Lipinski definition) is 0. The van der Waals surface area contributed by atoms with E-state index in [2.05, 4.69) is 15.5 Å². The van der Waals surface area contributed by atoms with Crippen LogP contribution in [0.4, 0.5) is 0 Å². The number of aromatic nitrogens is 4. The minimum absolute atomic E-state index is 0.162. The minimum Gasteiger partial charge on any atom is -0.353 e. The highest BCUT2D eigenvalue weighted by Crippen LogP contribution is 2.15. The molecular weight excluding hydrogens is 320 g/mol. The Hall–Kier alpha value is -1.84. The van der Waals surface area contributed by atoms with Crippen molar-refractivity contribution in [1.29, 1.82) is 0 Å². The molecule has 0 unspecified atom stereocenters. The number of nitrogens with zero attached hydrogens (tertiary/aromatic N) is 4. The van der Waals surface area contributed by atoms with E-state index in [1.807, 2.05) is 19.9 Å². The van der Waals surface area contributed by atoms with E-state index in [0.717, 1.165) is 0 Å². The van der Waals surface area contributed by atoms with Gasteiger partial charge in [0, 0.05) is 19.6 Å². The first-order chi connectivity index (χ1) is 11.1. The summed E-state index contributed by atoms with van der Waals surface area (Å²) in [7, 11) is -3.66. The van der Waals surface area contributed by atoms with Gasteiger partial charge < -0.3 is 9.47 Å². The number of ether oxygens (including phenoxy) is 2. The molecule has 2 aromatic rings. The maximum Gasteiger partial charge on any atom is 0.272 e. The number of tetrazole rings is 1. The van der Waals surface area contributed by atoms with Gasteiger partial charge in [0.1, 0.15) is 0 Å². The summed E-state index contributed by atoms with van der Waals surface area (Å²) < 4.78 is 37.0. The zero-order valence-corrected chi connectivity index (χ0v) is 13.9. The van der Waals surface area contributed by atoms with Crippen LogP contribution in [-0.2, 0) is 19.3 Å². The van der Waals surface area contributed by atoms with Crippen LogP contribution in [0.5, 0.6) is 0 Å². The summed E-state index contributed by atoms with van der Waals surface area (Å²) in [6.07, 6.45) is -0.341. The maximum atomic E-state index is 12.5. The molecule has 0 bridgehead atoms. The summed E-state index contributed by atoms with van der Waals surface area (Å²) in [5.74, 6) is -0.162. The first-order valence-electron chi connectivity index (χ1n) is 7.38. The Bertz CT molecular complexity index is 697. The lowest BCUT2D eigenvalue weighted by atomic mass is 10.3. The SMILES string of the molecule is CCOC(CCS(=O)(=O)c1nnnn1-c1ccccc1)OCC. The van der Waals surface area contributed by atoms with Crippen LogP contribution in [0, 0.1) is 0 Å². The molecule has 0 N–H and O–H groups in total. The van der Waals surface area contributed by atoms with Crippen molar-refractivity contribution >= 4 is 9.84 Å². The molecule has 0 fully saturated rings. The maximum absolute atomic E-state index is 12.5. The lowest BCUT2D eigenvalue weighted by Gasteiger charge is -2.16. The van der Waals surface area contributed by atoms with Crippen LogP contribution in [0.15, 0.2) is 35.5 Å². The second kappa shape index (κ2) is 8.14. The summed E-state index contributed by atoms with van der Waals surface area (Å²) in [6, 6.07) is 8.87. The number of para-hydroxylation sites is 1. The van der Waals surface area contributed by atoms with Gasteiger partial charge in [0.2, 0.25) is 9.84 Å². The van der Waals surface area contributed by atoms with E-state index in [0.29, 0.717) is 18.9 Å². The molecule has 0 spiro atoms. The Kier molecular flexibility index (Phi) is 6.20. The predicted octanol–water partition coefficient (Wildman–Crippen LogP) is 1.23. The van der Waals surface area contributed by atoms with Crippen LogP contribution in [0.3, 0.4) is 0 Å². The van der Waals surface area contributed by atoms with Gasteiger partial charge in [-0.25, -0.2) is 8.42 Å². The van der Waals surface area contributed by atoms with Crippen LogP contribution in [0.1, 0.15) is 20.3 Å². The van der Waals surface area contributed by atoms with Gasteiger partial charge in [0.05, 0.1) is 11.4 Å². The molecule has 1 aromatic carbocycles. The van der Waals surface area contributed by atoms with Crippen molar-refractivity contribution < 1.29 is 17.9 Å². The van der Waals surface area contributed by atoms with Gasteiger partial charge in [0.25, 0.3) is 5.16 Å². The molecule has 0 saturated carbocycles. The van der Waals surface area contributed by atoms with Gasteiger partial charge in [-0.15, -0.1) is 0 Å². The van der Waals surface area contributed by atoms with Crippen LogP contribution in [0.25, 0.3) is 5.69 Å². The monoisotopic (exact) mass is 340 g/mol. The van der Waals surface area contributed by atoms with E-state index in [1.54, 1.807) is 24.3 Å². The first-order valence-corrected chi connectivity index (χ1v) is 9.03. The molecule has 0 atom stereocenters. The average Bonchev–Trinajstić information content (AvgIpc) is 3.05. The summed E-state index contributed by atoms with van der Waals surface area (Å²) in [6.45, 7) is 4.56. The summed E-state index contributed by atoms with van der Waals surface area (Å²) in [4.78, 5) is 0. The van der Waals surface area contributed by atoms with Gasteiger partial charge in [-0.1, -0.05) is 23.3 Å². The quantitative estimate of drug-likeness (QED) is 0.633. The van der Waals surface area contributed by atoms with Crippen LogP contribution < -0.4 is 0 Å². The van der Waals surface area contributed by atoms with Crippen LogP contribution in [0.2, 0.25) is 0 Å². The summed E-state index contributed by atoms with van der Waals surface area (Å²) in [5.41, 5.74) is 0.585. The van der Waals surface area contributed by atoms with Crippen molar-refractivity contribution in [3.8, 4) is 5.69 Å².